The molecule has 0 spiro atoms. The second-order valence-corrected chi connectivity index (χ2v) is 5.86. The van der Waals surface area contributed by atoms with E-state index in [9.17, 15) is 22.8 Å². The SMILES string of the molecule is Cc1ccccc1CCC(=O)NCc1cccc(NC(=O)C(F)(F)F)c1. The van der Waals surface area contributed by atoms with Crippen molar-refractivity contribution in [3.05, 3.63) is 65.2 Å². The summed E-state index contributed by atoms with van der Waals surface area (Å²) in [6.07, 6.45) is -4.02. The quantitative estimate of drug-likeness (QED) is 0.820. The molecule has 26 heavy (non-hydrogen) atoms. The predicted molar refractivity (Wildman–Crippen MR) is 92.5 cm³/mol. The lowest BCUT2D eigenvalue weighted by atomic mass is 10.0. The summed E-state index contributed by atoms with van der Waals surface area (Å²) in [6, 6.07) is 13.7. The maximum absolute atomic E-state index is 12.3. The lowest BCUT2D eigenvalue weighted by Crippen LogP contribution is -2.30. The molecule has 0 bridgehead atoms. The first-order valence-electron chi connectivity index (χ1n) is 8.04. The molecule has 0 aliphatic carbocycles. The monoisotopic (exact) mass is 364 g/mol. The van der Waals surface area contributed by atoms with E-state index in [1.165, 1.54) is 18.2 Å². The number of halogens is 3. The predicted octanol–water partition coefficient (Wildman–Crippen LogP) is 3.74. The van der Waals surface area contributed by atoms with Crippen molar-refractivity contribution in [3.8, 4) is 0 Å². The Labute approximate surface area is 149 Å². The summed E-state index contributed by atoms with van der Waals surface area (Å²) in [4.78, 5) is 22.9. The summed E-state index contributed by atoms with van der Waals surface area (Å²) in [7, 11) is 0. The molecule has 2 N–H and O–H groups in total. The first kappa shape index (κ1) is 19.5. The van der Waals surface area contributed by atoms with Crippen molar-refractivity contribution in [2.75, 3.05) is 5.32 Å². The van der Waals surface area contributed by atoms with Crippen LogP contribution in [0.4, 0.5) is 18.9 Å². The summed E-state index contributed by atoms with van der Waals surface area (Å²) in [6.45, 7) is 2.15. The van der Waals surface area contributed by atoms with E-state index in [0.29, 0.717) is 18.4 Å². The van der Waals surface area contributed by atoms with Gasteiger partial charge in [-0.15, -0.1) is 0 Å². The van der Waals surface area contributed by atoms with Gasteiger partial charge in [0.2, 0.25) is 5.91 Å². The summed E-state index contributed by atoms with van der Waals surface area (Å²) < 4.78 is 36.8. The minimum absolute atomic E-state index is 0.0268. The Hall–Kier alpha value is -2.83. The summed E-state index contributed by atoms with van der Waals surface area (Å²) in [5.74, 6) is -2.19. The second-order valence-electron chi connectivity index (χ2n) is 5.86. The summed E-state index contributed by atoms with van der Waals surface area (Å²) in [5, 5.41) is 4.51. The van der Waals surface area contributed by atoms with Gasteiger partial charge >= 0.3 is 12.1 Å². The third kappa shape index (κ3) is 5.91. The Morgan fingerprint density at radius 1 is 1.04 bits per heavy atom. The third-order valence-corrected chi connectivity index (χ3v) is 3.81. The Kier molecular flexibility index (Phi) is 6.38. The van der Waals surface area contributed by atoms with Crippen LogP contribution in [0.5, 0.6) is 0 Å². The zero-order valence-corrected chi connectivity index (χ0v) is 14.2. The average molecular weight is 364 g/mol. The lowest BCUT2D eigenvalue weighted by Gasteiger charge is -2.10. The van der Waals surface area contributed by atoms with E-state index in [0.717, 1.165) is 11.1 Å². The van der Waals surface area contributed by atoms with Crippen molar-refractivity contribution < 1.29 is 22.8 Å². The summed E-state index contributed by atoms with van der Waals surface area (Å²) >= 11 is 0. The molecule has 0 atom stereocenters. The molecule has 0 saturated carbocycles. The maximum Gasteiger partial charge on any atom is 0.471 e. The third-order valence-electron chi connectivity index (χ3n) is 3.81. The first-order valence-corrected chi connectivity index (χ1v) is 8.04. The maximum atomic E-state index is 12.3. The number of nitrogens with one attached hydrogen (secondary N) is 2. The zero-order valence-electron chi connectivity index (χ0n) is 14.2. The van der Waals surface area contributed by atoms with Gasteiger partial charge in [-0.05, 0) is 42.2 Å². The van der Waals surface area contributed by atoms with Crippen LogP contribution in [0, 0.1) is 6.92 Å². The van der Waals surface area contributed by atoms with Crippen LogP contribution >= 0.6 is 0 Å². The molecule has 0 aliphatic rings. The smallest absolute Gasteiger partial charge is 0.352 e. The molecule has 0 saturated heterocycles. The molecule has 0 heterocycles. The van der Waals surface area contributed by atoms with Gasteiger partial charge < -0.3 is 10.6 Å². The molecule has 2 aromatic rings. The molecule has 0 aliphatic heterocycles. The Balaban J connectivity index is 1.85. The van der Waals surface area contributed by atoms with E-state index in [1.54, 1.807) is 11.4 Å². The van der Waals surface area contributed by atoms with Crippen molar-refractivity contribution in [1.82, 2.24) is 5.32 Å². The first-order chi connectivity index (χ1) is 12.3. The highest BCUT2D eigenvalue weighted by Crippen LogP contribution is 2.19. The van der Waals surface area contributed by atoms with Crippen molar-refractivity contribution in [1.29, 1.82) is 0 Å². The number of hydrogen-bond acceptors (Lipinski definition) is 2. The minimum atomic E-state index is -4.94. The van der Waals surface area contributed by atoms with Gasteiger partial charge in [0.25, 0.3) is 0 Å². The Morgan fingerprint density at radius 3 is 2.46 bits per heavy atom. The van der Waals surface area contributed by atoms with E-state index in [4.69, 9.17) is 0 Å². The van der Waals surface area contributed by atoms with Gasteiger partial charge in [0.1, 0.15) is 0 Å². The van der Waals surface area contributed by atoms with Gasteiger partial charge in [0, 0.05) is 18.7 Å². The number of anilines is 1. The molecule has 0 fully saturated rings. The summed E-state index contributed by atoms with van der Waals surface area (Å²) in [5.41, 5.74) is 2.83. The van der Waals surface area contributed by atoms with E-state index in [2.05, 4.69) is 5.32 Å². The van der Waals surface area contributed by atoms with Gasteiger partial charge in [-0.1, -0.05) is 36.4 Å². The Bertz CT molecular complexity index is 788. The van der Waals surface area contributed by atoms with E-state index >= 15 is 0 Å². The van der Waals surface area contributed by atoms with Gasteiger partial charge in [0.05, 0.1) is 0 Å². The topological polar surface area (TPSA) is 58.2 Å². The van der Waals surface area contributed by atoms with Crippen molar-refractivity contribution in [2.24, 2.45) is 0 Å². The van der Waals surface area contributed by atoms with Gasteiger partial charge in [-0.25, -0.2) is 0 Å². The molecule has 7 heteroatoms. The van der Waals surface area contributed by atoms with Crippen LogP contribution in [0.15, 0.2) is 48.5 Å². The minimum Gasteiger partial charge on any atom is -0.352 e. The van der Waals surface area contributed by atoms with Crippen molar-refractivity contribution in [2.45, 2.75) is 32.5 Å². The van der Waals surface area contributed by atoms with Crippen LogP contribution in [0.25, 0.3) is 0 Å². The van der Waals surface area contributed by atoms with Crippen molar-refractivity contribution >= 4 is 17.5 Å². The van der Waals surface area contributed by atoms with E-state index in [-0.39, 0.29) is 18.1 Å². The average Bonchev–Trinajstić information content (AvgIpc) is 2.59. The fraction of sp³-hybridized carbons (Fsp3) is 0.263. The molecule has 2 rings (SSSR count). The number of carbonyl (C=O) groups excluding carboxylic acids is 2. The van der Waals surface area contributed by atoms with E-state index in [1.807, 2.05) is 31.2 Å². The highest BCUT2D eigenvalue weighted by atomic mass is 19.4. The Morgan fingerprint density at radius 2 is 1.77 bits per heavy atom. The van der Waals surface area contributed by atoms with Crippen LogP contribution in [0.3, 0.4) is 0 Å². The molecular weight excluding hydrogens is 345 g/mol. The van der Waals surface area contributed by atoms with Crippen LogP contribution in [0.1, 0.15) is 23.1 Å². The fourth-order valence-corrected chi connectivity index (χ4v) is 2.39. The number of amides is 2. The molecule has 0 aromatic heterocycles. The molecule has 4 nitrogen and oxygen atoms in total. The highest BCUT2D eigenvalue weighted by Gasteiger charge is 2.38. The number of alkyl halides is 3. The van der Waals surface area contributed by atoms with Gasteiger partial charge in [-0.2, -0.15) is 13.2 Å². The normalized spacial score (nSPS) is 11.1. The number of hydrogen-bond donors (Lipinski definition) is 2. The molecule has 138 valence electrons. The number of carbonyl (C=O) groups is 2. The van der Waals surface area contributed by atoms with Crippen LogP contribution < -0.4 is 10.6 Å². The van der Waals surface area contributed by atoms with Gasteiger partial charge in [-0.3, -0.25) is 9.59 Å². The largest absolute Gasteiger partial charge is 0.471 e. The highest BCUT2D eigenvalue weighted by molar-refractivity contribution is 5.94. The van der Waals surface area contributed by atoms with Gasteiger partial charge in [0.15, 0.2) is 0 Å². The number of rotatable bonds is 6. The van der Waals surface area contributed by atoms with Crippen LogP contribution in [-0.2, 0) is 22.6 Å². The second kappa shape index (κ2) is 8.51. The molecule has 0 radical (unpaired) electrons. The standard InChI is InChI=1S/C19H19F3N2O2/c1-13-5-2-3-7-15(13)9-10-17(25)23-12-14-6-4-8-16(11-14)24-18(26)19(20,21)22/h2-8,11H,9-10,12H2,1H3,(H,23,25)(H,24,26). The number of benzene rings is 2. The molecule has 2 amide bonds. The molecular formula is C19H19F3N2O2. The van der Waals surface area contributed by atoms with Crippen molar-refractivity contribution in [3.63, 3.8) is 0 Å². The molecule has 0 unspecified atom stereocenters. The number of aryl methyl sites for hydroxylation is 2. The lowest BCUT2D eigenvalue weighted by molar-refractivity contribution is -0.167. The fourth-order valence-electron chi connectivity index (χ4n) is 2.39. The van der Waals surface area contributed by atoms with Crippen LogP contribution in [-0.4, -0.2) is 18.0 Å². The molecule has 2 aromatic carbocycles. The zero-order chi connectivity index (χ0) is 19.2. The van der Waals surface area contributed by atoms with E-state index < -0.39 is 12.1 Å². The van der Waals surface area contributed by atoms with Crippen LogP contribution in [0.2, 0.25) is 0 Å².